The summed E-state index contributed by atoms with van der Waals surface area (Å²) in [5.41, 5.74) is 0.542. The van der Waals surface area contributed by atoms with Crippen LogP contribution in [-0.2, 0) is 19.1 Å². The van der Waals surface area contributed by atoms with Crippen LogP contribution in [0.2, 0.25) is 0 Å². The molecule has 0 aliphatic carbocycles. The second-order valence-corrected chi connectivity index (χ2v) is 5.19. The summed E-state index contributed by atoms with van der Waals surface area (Å²) in [5.74, 6) is 0.243. The molecular formula is C17H23NO6. The number of anilines is 1. The van der Waals surface area contributed by atoms with E-state index in [1.807, 2.05) is 13.8 Å². The highest BCUT2D eigenvalue weighted by molar-refractivity contribution is 5.93. The minimum absolute atomic E-state index is 0.351. The van der Waals surface area contributed by atoms with E-state index in [1.54, 1.807) is 18.2 Å². The van der Waals surface area contributed by atoms with Crippen LogP contribution in [0, 0.1) is 0 Å². The van der Waals surface area contributed by atoms with Crippen molar-refractivity contribution in [1.29, 1.82) is 0 Å². The number of carbonyl (C=O) groups is 2. The van der Waals surface area contributed by atoms with Crippen LogP contribution >= 0.6 is 0 Å². The Kier molecular flexibility index (Phi) is 6.87. The Morgan fingerprint density at radius 1 is 1.21 bits per heavy atom. The highest BCUT2D eigenvalue weighted by Crippen LogP contribution is 2.30. The summed E-state index contributed by atoms with van der Waals surface area (Å²) in [6.45, 7) is 4.95. The van der Waals surface area contributed by atoms with Gasteiger partial charge >= 0.3 is 5.97 Å². The van der Waals surface area contributed by atoms with Gasteiger partial charge in [0.15, 0.2) is 24.2 Å². The van der Waals surface area contributed by atoms with Crippen LogP contribution < -0.4 is 14.8 Å². The molecule has 1 aromatic carbocycles. The van der Waals surface area contributed by atoms with Crippen LogP contribution in [0.25, 0.3) is 0 Å². The smallest absolute Gasteiger partial charge is 0.335 e. The molecule has 0 aromatic heterocycles. The average Bonchev–Trinajstić information content (AvgIpc) is 3.10. The monoisotopic (exact) mass is 337 g/mol. The van der Waals surface area contributed by atoms with Crippen LogP contribution in [0.3, 0.4) is 0 Å². The van der Waals surface area contributed by atoms with Crippen LogP contribution in [0.1, 0.15) is 26.7 Å². The van der Waals surface area contributed by atoms with Crippen molar-refractivity contribution >= 4 is 17.6 Å². The van der Waals surface area contributed by atoms with Crippen molar-refractivity contribution in [2.45, 2.75) is 32.8 Å². The maximum atomic E-state index is 11.9. The first-order chi connectivity index (χ1) is 11.6. The molecule has 0 unspecified atom stereocenters. The van der Waals surface area contributed by atoms with Gasteiger partial charge in [-0.2, -0.15) is 0 Å². The first kappa shape index (κ1) is 18.1. The first-order valence-corrected chi connectivity index (χ1v) is 8.11. The van der Waals surface area contributed by atoms with Crippen LogP contribution in [0.4, 0.5) is 5.69 Å². The molecule has 1 fully saturated rings. The lowest BCUT2D eigenvalue weighted by Crippen LogP contribution is -2.27. The normalized spacial score (nSPS) is 16.5. The van der Waals surface area contributed by atoms with Crippen molar-refractivity contribution < 1.29 is 28.5 Å². The number of hydrogen-bond donors (Lipinski definition) is 1. The number of nitrogens with one attached hydrogen (secondary N) is 1. The van der Waals surface area contributed by atoms with Gasteiger partial charge in [0.1, 0.15) is 0 Å². The fourth-order valence-electron chi connectivity index (χ4n) is 2.32. The third kappa shape index (κ3) is 5.13. The molecule has 0 radical (unpaired) electrons. The van der Waals surface area contributed by atoms with Gasteiger partial charge in [0.25, 0.3) is 5.91 Å². The van der Waals surface area contributed by atoms with Crippen molar-refractivity contribution in [2.75, 3.05) is 31.7 Å². The topological polar surface area (TPSA) is 83.1 Å². The van der Waals surface area contributed by atoms with Crippen molar-refractivity contribution in [3.05, 3.63) is 18.2 Å². The Morgan fingerprint density at radius 2 is 1.96 bits per heavy atom. The molecule has 24 heavy (non-hydrogen) atoms. The van der Waals surface area contributed by atoms with E-state index >= 15 is 0 Å². The van der Waals surface area contributed by atoms with Gasteiger partial charge in [0.05, 0.1) is 13.2 Å². The first-order valence-electron chi connectivity index (χ1n) is 8.11. The Bertz CT molecular complexity index is 568. The lowest BCUT2D eigenvalue weighted by Gasteiger charge is -2.13. The molecule has 1 aromatic rings. The molecular weight excluding hydrogens is 314 g/mol. The molecule has 1 heterocycles. The Balaban J connectivity index is 1.88. The van der Waals surface area contributed by atoms with E-state index in [9.17, 15) is 9.59 Å². The second kappa shape index (κ2) is 9.12. The summed E-state index contributed by atoms with van der Waals surface area (Å²) in [5, 5.41) is 2.66. The lowest BCUT2D eigenvalue weighted by molar-refractivity contribution is -0.156. The van der Waals surface area contributed by atoms with E-state index in [-0.39, 0.29) is 6.61 Å². The molecule has 1 amide bonds. The second-order valence-electron chi connectivity index (χ2n) is 5.19. The SMILES string of the molecule is CCOc1ccc(NC(=O)COC(=O)[C@H]2CCCO2)cc1OCC. The van der Waals surface area contributed by atoms with Crippen molar-refractivity contribution in [1.82, 2.24) is 0 Å². The summed E-state index contributed by atoms with van der Waals surface area (Å²) in [6.07, 6.45) is 0.919. The molecule has 1 aliphatic rings. The summed E-state index contributed by atoms with van der Waals surface area (Å²) in [7, 11) is 0. The molecule has 132 valence electrons. The van der Waals surface area contributed by atoms with Crippen LogP contribution in [-0.4, -0.2) is 44.4 Å². The zero-order valence-electron chi connectivity index (χ0n) is 14.0. The van der Waals surface area contributed by atoms with Gasteiger partial charge in [0, 0.05) is 18.4 Å². The zero-order chi connectivity index (χ0) is 17.4. The fourth-order valence-corrected chi connectivity index (χ4v) is 2.32. The molecule has 2 rings (SSSR count). The quantitative estimate of drug-likeness (QED) is 0.732. The highest BCUT2D eigenvalue weighted by atomic mass is 16.6. The molecule has 0 spiro atoms. The predicted molar refractivity (Wildman–Crippen MR) is 87.3 cm³/mol. The molecule has 0 saturated carbocycles. The maximum Gasteiger partial charge on any atom is 0.335 e. The molecule has 0 bridgehead atoms. The fraction of sp³-hybridized carbons (Fsp3) is 0.529. The van der Waals surface area contributed by atoms with Crippen molar-refractivity contribution in [3.63, 3.8) is 0 Å². The number of amides is 1. The number of benzene rings is 1. The molecule has 1 saturated heterocycles. The van der Waals surface area contributed by atoms with E-state index in [0.717, 1.165) is 6.42 Å². The third-order valence-electron chi connectivity index (χ3n) is 3.37. The van der Waals surface area contributed by atoms with E-state index in [2.05, 4.69) is 5.32 Å². The molecule has 7 nitrogen and oxygen atoms in total. The molecule has 1 atom stereocenters. The largest absolute Gasteiger partial charge is 0.490 e. The van der Waals surface area contributed by atoms with E-state index in [0.29, 0.717) is 43.4 Å². The standard InChI is InChI=1S/C17H23NO6/c1-3-21-13-8-7-12(10-15(13)22-4-2)18-16(19)11-24-17(20)14-6-5-9-23-14/h7-8,10,14H,3-6,9,11H2,1-2H3,(H,18,19)/t14-/m1/s1. The number of carbonyl (C=O) groups excluding carboxylic acids is 2. The van der Waals surface area contributed by atoms with Gasteiger partial charge in [-0.3, -0.25) is 4.79 Å². The zero-order valence-corrected chi connectivity index (χ0v) is 14.0. The Hall–Kier alpha value is -2.28. The number of rotatable bonds is 8. The summed E-state index contributed by atoms with van der Waals surface area (Å²) >= 11 is 0. The highest BCUT2D eigenvalue weighted by Gasteiger charge is 2.25. The minimum Gasteiger partial charge on any atom is -0.490 e. The summed E-state index contributed by atoms with van der Waals surface area (Å²) in [6, 6.07) is 5.10. The van der Waals surface area contributed by atoms with Gasteiger partial charge in [-0.25, -0.2) is 4.79 Å². The molecule has 7 heteroatoms. The van der Waals surface area contributed by atoms with Crippen molar-refractivity contribution in [2.24, 2.45) is 0 Å². The van der Waals surface area contributed by atoms with Gasteiger partial charge in [0.2, 0.25) is 0 Å². The number of ether oxygens (including phenoxy) is 4. The van der Waals surface area contributed by atoms with Crippen LogP contribution in [0.15, 0.2) is 18.2 Å². The Labute approximate surface area is 141 Å². The average molecular weight is 337 g/mol. The molecule has 1 N–H and O–H groups in total. The van der Waals surface area contributed by atoms with Gasteiger partial charge in [-0.15, -0.1) is 0 Å². The Morgan fingerprint density at radius 3 is 2.62 bits per heavy atom. The van der Waals surface area contributed by atoms with Crippen molar-refractivity contribution in [3.8, 4) is 11.5 Å². The maximum absolute atomic E-state index is 11.9. The lowest BCUT2D eigenvalue weighted by atomic mass is 10.2. The van der Waals surface area contributed by atoms with E-state index in [4.69, 9.17) is 18.9 Å². The summed E-state index contributed by atoms with van der Waals surface area (Å²) < 4.78 is 21.1. The minimum atomic E-state index is -0.548. The van der Waals surface area contributed by atoms with Gasteiger partial charge in [-0.1, -0.05) is 0 Å². The third-order valence-corrected chi connectivity index (χ3v) is 3.37. The van der Waals surface area contributed by atoms with E-state index < -0.39 is 18.0 Å². The predicted octanol–water partition coefficient (Wildman–Crippen LogP) is 2.14. The number of esters is 1. The summed E-state index contributed by atoms with van der Waals surface area (Å²) in [4.78, 5) is 23.6. The van der Waals surface area contributed by atoms with Gasteiger partial charge < -0.3 is 24.3 Å². The number of hydrogen-bond acceptors (Lipinski definition) is 6. The molecule has 1 aliphatic heterocycles. The van der Waals surface area contributed by atoms with E-state index in [1.165, 1.54) is 0 Å². The van der Waals surface area contributed by atoms with Gasteiger partial charge in [-0.05, 0) is 38.8 Å². The van der Waals surface area contributed by atoms with Crippen LogP contribution in [0.5, 0.6) is 11.5 Å².